The van der Waals surface area contributed by atoms with Crippen molar-refractivity contribution in [1.82, 2.24) is 0 Å². The predicted octanol–water partition coefficient (Wildman–Crippen LogP) is 1.22. The molecule has 1 aliphatic carbocycles. The number of nitriles is 1. The molecule has 0 spiro atoms. The summed E-state index contributed by atoms with van der Waals surface area (Å²) >= 11 is 0. The summed E-state index contributed by atoms with van der Waals surface area (Å²) in [6.07, 6.45) is -0.577. The van der Waals surface area contributed by atoms with Gasteiger partial charge in [-0.3, -0.25) is 4.79 Å². The highest BCUT2D eigenvalue weighted by atomic mass is 32.2. The van der Waals surface area contributed by atoms with Crippen molar-refractivity contribution in [2.45, 2.75) is 22.5 Å². The number of halogens is 1. The summed E-state index contributed by atoms with van der Waals surface area (Å²) in [7, 11) is -3.91. The number of hydrogen-bond acceptors (Lipinski definition) is 4. The highest BCUT2D eigenvalue weighted by Gasteiger charge is 2.55. The number of benzene rings is 1. The average Bonchev–Trinajstić information content (AvgIpc) is 2.24. The van der Waals surface area contributed by atoms with Gasteiger partial charge in [0.15, 0.2) is 14.6 Å². The number of hydrogen-bond donors (Lipinski definition) is 0. The van der Waals surface area contributed by atoms with Crippen molar-refractivity contribution in [2.24, 2.45) is 0 Å². The first-order chi connectivity index (χ1) is 7.91. The summed E-state index contributed by atoms with van der Waals surface area (Å²) in [5.74, 6) is -0.808. The number of Topliss-reactive ketones (excluding diaryl/α,β-unsaturated/α-hetero) is 1. The van der Waals surface area contributed by atoms with Crippen LogP contribution in [-0.2, 0) is 14.6 Å². The molecule has 0 heterocycles. The van der Waals surface area contributed by atoms with E-state index in [4.69, 9.17) is 5.26 Å². The van der Waals surface area contributed by atoms with Gasteiger partial charge in [-0.25, -0.2) is 12.8 Å². The molecule has 0 radical (unpaired) electrons. The molecule has 17 heavy (non-hydrogen) atoms. The van der Waals surface area contributed by atoms with Crippen LogP contribution in [0.1, 0.15) is 12.8 Å². The zero-order chi connectivity index (χ0) is 12.7. The maximum Gasteiger partial charge on any atom is 0.198 e. The normalized spacial score (nSPS) is 18.2. The molecule has 1 aliphatic rings. The molecule has 0 unspecified atom stereocenters. The lowest BCUT2D eigenvalue weighted by Crippen LogP contribution is -2.49. The fourth-order valence-electron chi connectivity index (χ4n) is 1.75. The van der Waals surface area contributed by atoms with Crippen molar-refractivity contribution < 1.29 is 17.6 Å². The largest absolute Gasteiger partial charge is 0.300 e. The Balaban J connectivity index is 2.47. The van der Waals surface area contributed by atoms with E-state index in [1.807, 2.05) is 0 Å². The molecule has 0 saturated heterocycles. The van der Waals surface area contributed by atoms with E-state index in [-0.39, 0.29) is 23.5 Å². The molecular formula is C11H8FNO3S. The summed E-state index contributed by atoms with van der Waals surface area (Å²) in [5, 5.41) is 8.95. The minimum Gasteiger partial charge on any atom is -0.300 e. The van der Waals surface area contributed by atoms with Crippen LogP contribution >= 0.6 is 0 Å². The first kappa shape index (κ1) is 11.7. The second-order valence-corrected chi connectivity index (χ2v) is 6.22. The molecule has 0 bridgehead atoms. The van der Waals surface area contributed by atoms with Gasteiger partial charge in [-0.05, 0) is 24.3 Å². The van der Waals surface area contributed by atoms with Crippen molar-refractivity contribution >= 4 is 15.6 Å². The monoisotopic (exact) mass is 253 g/mol. The van der Waals surface area contributed by atoms with Crippen LogP contribution in [0.25, 0.3) is 0 Å². The molecule has 0 amide bonds. The Kier molecular flexibility index (Phi) is 2.51. The Labute approximate surface area is 97.6 Å². The van der Waals surface area contributed by atoms with Crippen LogP contribution in [0.3, 0.4) is 0 Å². The number of sulfone groups is 1. The van der Waals surface area contributed by atoms with Gasteiger partial charge in [0.1, 0.15) is 11.6 Å². The van der Waals surface area contributed by atoms with E-state index in [0.717, 1.165) is 24.3 Å². The molecular weight excluding hydrogens is 245 g/mol. The van der Waals surface area contributed by atoms with Crippen LogP contribution in [-0.4, -0.2) is 18.9 Å². The van der Waals surface area contributed by atoms with Crippen LogP contribution in [0.4, 0.5) is 4.39 Å². The number of carbonyl (C=O) groups is 1. The van der Waals surface area contributed by atoms with E-state index < -0.39 is 20.4 Å². The van der Waals surface area contributed by atoms with Gasteiger partial charge in [0.05, 0.1) is 11.0 Å². The molecule has 1 aromatic rings. The van der Waals surface area contributed by atoms with Crippen LogP contribution in [0.5, 0.6) is 0 Å². The average molecular weight is 253 g/mol. The first-order valence-electron chi connectivity index (χ1n) is 4.84. The Morgan fingerprint density at radius 3 is 2.18 bits per heavy atom. The van der Waals surface area contributed by atoms with Gasteiger partial charge in [0, 0.05) is 12.8 Å². The standard InChI is InChI=1S/C11H8FNO3S/c12-8-1-3-10(4-2-8)17(15,16)11(7-13)5-9(14)6-11/h1-4H,5-6H2. The quantitative estimate of drug-likeness (QED) is 0.743. The van der Waals surface area contributed by atoms with Crippen molar-refractivity contribution in [3.63, 3.8) is 0 Å². The van der Waals surface area contributed by atoms with Crippen molar-refractivity contribution in [2.75, 3.05) is 0 Å². The van der Waals surface area contributed by atoms with E-state index in [1.54, 1.807) is 6.07 Å². The minimum absolute atomic E-state index is 0.132. The van der Waals surface area contributed by atoms with Gasteiger partial charge in [-0.15, -0.1) is 0 Å². The molecule has 1 saturated carbocycles. The minimum atomic E-state index is -3.91. The van der Waals surface area contributed by atoms with E-state index in [1.165, 1.54) is 0 Å². The van der Waals surface area contributed by atoms with Crippen LogP contribution in [0.15, 0.2) is 29.2 Å². The van der Waals surface area contributed by atoms with E-state index in [9.17, 15) is 17.6 Å². The van der Waals surface area contributed by atoms with Crippen molar-refractivity contribution in [1.29, 1.82) is 5.26 Å². The topological polar surface area (TPSA) is 75.0 Å². The summed E-state index contributed by atoms with van der Waals surface area (Å²) in [4.78, 5) is 10.8. The Bertz CT molecular complexity index is 605. The second kappa shape index (κ2) is 3.64. The van der Waals surface area contributed by atoms with Gasteiger partial charge in [0.2, 0.25) is 0 Å². The number of carbonyl (C=O) groups excluding carboxylic acids is 1. The molecule has 4 nitrogen and oxygen atoms in total. The SMILES string of the molecule is N#CC1(S(=O)(=O)c2ccc(F)cc2)CC(=O)C1. The molecule has 88 valence electrons. The fourth-order valence-corrected chi connectivity index (χ4v) is 3.52. The van der Waals surface area contributed by atoms with Gasteiger partial charge in [-0.1, -0.05) is 0 Å². The highest BCUT2D eigenvalue weighted by Crippen LogP contribution is 2.39. The third-order valence-corrected chi connectivity index (χ3v) is 5.11. The summed E-state index contributed by atoms with van der Waals surface area (Å²) in [5.41, 5.74) is 0. The Morgan fingerprint density at radius 1 is 1.24 bits per heavy atom. The van der Waals surface area contributed by atoms with Crippen LogP contribution in [0, 0.1) is 17.1 Å². The Hall–Kier alpha value is -1.74. The van der Waals surface area contributed by atoms with E-state index in [0.29, 0.717) is 0 Å². The maximum atomic E-state index is 12.7. The summed E-state index contributed by atoms with van der Waals surface area (Å²) in [6, 6.07) is 5.93. The first-order valence-corrected chi connectivity index (χ1v) is 6.33. The van der Waals surface area contributed by atoms with Gasteiger partial charge in [-0.2, -0.15) is 5.26 Å². The molecule has 2 rings (SSSR count). The maximum absolute atomic E-state index is 12.7. The fraction of sp³-hybridized carbons (Fsp3) is 0.273. The van der Waals surface area contributed by atoms with Crippen LogP contribution < -0.4 is 0 Å². The molecule has 6 heteroatoms. The molecule has 0 atom stereocenters. The predicted molar refractivity (Wildman–Crippen MR) is 56.2 cm³/mol. The third-order valence-electron chi connectivity index (χ3n) is 2.81. The van der Waals surface area contributed by atoms with Crippen molar-refractivity contribution in [3.8, 4) is 6.07 Å². The van der Waals surface area contributed by atoms with Crippen LogP contribution in [0.2, 0.25) is 0 Å². The molecule has 1 aromatic carbocycles. The van der Waals surface area contributed by atoms with Crippen molar-refractivity contribution in [3.05, 3.63) is 30.1 Å². The lowest BCUT2D eigenvalue weighted by atomic mass is 9.84. The molecule has 1 fully saturated rings. The number of ketones is 1. The Morgan fingerprint density at radius 2 is 1.76 bits per heavy atom. The second-order valence-electron chi connectivity index (χ2n) is 3.96. The zero-order valence-corrected chi connectivity index (χ0v) is 9.50. The summed E-state index contributed by atoms with van der Waals surface area (Å²) in [6.45, 7) is 0. The lowest BCUT2D eigenvalue weighted by Gasteiger charge is -2.32. The smallest absolute Gasteiger partial charge is 0.198 e. The third kappa shape index (κ3) is 1.63. The lowest BCUT2D eigenvalue weighted by molar-refractivity contribution is -0.124. The van der Waals surface area contributed by atoms with E-state index in [2.05, 4.69) is 0 Å². The van der Waals surface area contributed by atoms with Gasteiger partial charge >= 0.3 is 0 Å². The number of rotatable bonds is 2. The van der Waals surface area contributed by atoms with Gasteiger partial charge < -0.3 is 0 Å². The number of nitrogens with zero attached hydrogens (tertiary/aromatic N) is 1. The van der Waals surface area contributed by atoms with E-state index >= 15 is 0 Å². The zero-order valence-electron chi connectivity index (χ0n) is 8.68. The highest BCUT2D eigenvalue weighted by molar-refractivity contribution is 7.93. The van der Waals surface area contributed by atoms with Gasteiger partial charge in [0.25, 0.3) is 0 Å². The molecule has 0 N–H and O–H groups in total. The molecule has 0 aliphatic heterocycles. The summed E-state index contributed by atoms with van der Waals surface area (Å²) < 4.78 is 35.3. The molecule has 0 aromatic heterocycles.